The Labute approximate surface area is 461 Å². The standard InChI is InChI=1S/C34H31BrN2O4.C31H24N2O4/c1-22-10-14-24(15-11-22)36-28-18-19-29(32-31(28)33(39)26-7-4-5-8-27(26)34(32)40)37-25-16-12-23(13-17-25)21-41-30(38)9-3-2-6-20-35;1-3-27(34)37-18-20-10-14-22(15-11-20)33-26-17-16-25(32-21-12-8-19(2)9-13-21)28-29(26)31(36)24-7-5-4-6-23(24)30(28)35/h4-5,7-8,10-19,36-37H,2-3,6,9,20-21H2,1H3;3-17,32-33H,1,18H2,2H3. The van der Waals surface area contributed by atoms with Gasteiger partial charge in [0.2, 0.25) is 0 Å². The van der Waals surface area contributed by atoms with E-state index in [2.05, 4.69) is 43.8 Å². The molecule has 8 aromatic carbocycles. The van der Waals surface area contributed by atoms with Gasteiger partial charge < -0.3 is 30.7 Å². The zero-order valence-electron chi connectivity index (χ0n) is 43.0. The molecule has 0 heterocycles. The molecule has 390 valence electrons. The van der Waals surface area contributed by atoms with Gasteiger partial charge in [0, 0.05) is 62.8 Å². The number of anilines is 8. The summed E-state index contributed by atoms with van der Waals surface area (Å²) in [5.74, 6) is -1.51. The van der Waals surface area contributed by atoms with E-state index in [-0.39, 0.29) is 42.3 Å². The Balaban J connectivity index is 0.000000191. The second kappa shape index (κ2) is 24.6. The minimum atomic E-state index is -0.489. The maximum Gasteiger partial charge on any atom is 0.330 e. The SMILES string of the molecule is C=CC(=O)OCc1ccc(Nc2ccc(Nc3ccc(C)cc3)c3c2C(=O)c2ccccc2C3=O)cc1.Cc1ccc(Nc2ccc(Nc3ccc(COC(=O)CCCCCBr)cc3)c3c2C(=O)c2ccccc2C3=O)cc1. The fraction of sp³-hybridized carbons (Fsp3) is 0.138. The zero-order chi connectivity index (χ0) is 54.7. The summed E-state index contributed by atoms with van der Waals surface area (Å²) in [4.78, 5) is 78.1. The van der Waals surface area contributed by atoms with Crippen molar-refractivity contribution in [2.75, 3.05) is 26.6 Å². The fourth-order valence-corrected chi connectivity index (χ4v) is 9.51. The molecule has 0 unspecified atom stereocenters. The lowest BCUT2D eigenvalue weighted by molar-refractivity contribution is -0.145. The van der Waals surface area contributed by atoms with Crippen molar-refractivity contribution in [3.8, 4) is 0 Å². The second-order valence-corrected chi connectivity index (χ2v) is 19.6. The average molecular weight is 1100 g/mol. The lowest BCUT2D eigenvalue weighted by Crippen LogP contribution is -2.23. The molecule has 12 nitrogen and oxygen atoms in total. The molecule has 13 heteroatoms. The van der Waals surface area contributed by atoms with Crippen LogP contribution in [0.2, 0.25) is 0 Å². The Morgan fingerprint density at radius 3 is 1.08 bits per heavy atom. The first-order chi connectivity index (χ1) is 37.9. The number of carbonyl (C=O) groups is 6. The summed E-state index contributed by atoms with van der Waals surface area (Å²) < 4.78 is 10.5. The monoisotopic (exact) mass is 1100 g/mol. The third-order valence-corrected chi connectivity index (χ3v) is 13.8. The first kappa shape index (κ1) is 53.6. The van der Waals surface area contributed by atoms with E-state index in [1.165, 1.54) is 0 Å². The van der Waals surface area contributed by atoms with Crippen molar-refractivity contribution in [1.29, 1.82) is 0 Å². The lowest BCUT2D eigenvalue weighted by Gasteiger charge is -2.24. The van der Waals surface area contributed by atoms with E-state index in [1.807, 2.05) is 129 Å². The van der Waals surface area contributed by atoms with Gasteiger partial charge in [-0.15, -0.1) is 0 Å². The number of hydrogen-bond acceptors (Lipinski definition) is 12. The third-order valence-electron chi connectivity index (χ3n) is 13.2. The van der Waals surface area contributed by atoms with Gasteiger partial charge in [-0.2, -0.15) is 0 Å². The summed E-state index contributed by atoms with van der Waals surface area (Å²) in [6, 6.07) is 51.6. The van der Waals surface area contributed by atoms with Crippen LogP contribution in [0.5, 0.6) is 0 Å². The molecule has 4 N–H and O–H groups in total. The van der Waals surface area contributed by atoms with Crippen LogP contribution in [-0.2, 0) is 32.3 Å². The number of nitrogens with one attached hydrogen (secondary N) is 4. The summed E-state index contributed by atoms with van der Waals surface area (Å²) in [6.07, 6.45) is 4.40. The number of halogens is 1. The number of unbranched alkanes of at least 4 members (excludes halogenated alkanes) is 2. The minimum absolute atomic E-state index is 0.129. The van der Waals surface area contributed by atoms with E-state index in [4.69, 9.17) is 9.47 Å². The Morgan fingerprint density at radius 1 is 0.436 bits per heavy atom. The zero-order valence-corrected chi connectivity index (χ0v) is 44.6. The smallest absolute Gasteiger partial charge is 0.330 e. The summed E-state index contributed by atoms with van der Waals surface area (Å²) in [5.41, 5.74) is 12.2. The molecule has 2 aliphatic rings. The van der Waals surface area contributed by atoms with Gasteiger partial charge in [0.05, 0.1) is 45.0 Å². The molecule has 0 saturated heterocycles. The predicted molar refractivity (Wildman–Crippen MR) is 310 cm³/mol. The van der Waals surface area contributed by atoms with E-state index in [0.717, 1.165) is 75.7 Å². The predicted octanol–water partition coefficient (Wildman–Crippen LogP) is 14.7. The highest BCUT2D eigenvalue weighted by atomic mass is 79.9. The second-order valence-electron chi connectivity index (χ2n) is 18.8. The number of hydrogen-bond donors (Lipinski definition) is 4. The third kappa shape index (κ3) is 12.4. The molecule has 0 radical (unpaired) electrons. The number of aryl methyl sites for hydroxylation is 2. The van der Waals surface area contributed by atoms with Gasteiger partial charge in [0.25, 0.3) is 0 Å². The van der Waals surface area contributed by atoms with Gasteiger partial charge in [0.15, 0.2) is 23.1 Å². The molecule has 0 aliphatic heterocycles. The van der Waals surface area contributed by atoms with Crippen LogP contribution in [0.25, 0.3) is 0 Å². The molecule has 0 fully saturated rings. The Hall–Kier alpha value is -9.20. The van der Waals surface area contributed by atoms with Crippen LogP contribution in [0.4, 0.5) is 45.5 Å². The number of benzene rings is 8. The van der Waals surface area contributed by atoms with E-state index in [0.29, 0.717) is 73.7 Å². The highest BCUT2D eigenvalue weighted by molar-refractivity contribution is 9.09. The summed E-state index contributed by atoms with van der Waals surface area (Å²) in [5, 5.41) is 14.2. The van der Waals surface area contributed by atoms with Crippen LogP contribution in [-0.4, -0.2) is 40.4 Å². The highest BCUT2D eigenvalue weighted by Gasteiger charge is 2.35. The number of ketones is 4. The molecule has 2 aliphatic carbocycles. The van der Waals surface area contributed by atoms with Gasteiger partial charge in [-0.05, 0) is 111 Å². The van der Waals surface area contributed by atoms with E-state index in [1.54, 1.807) is 54.6 Å². The van der Waals surface area contributed by atoms with Crippen LogP contribution in [0, 0.1) is 13.8 Å². The van der Waals surface area contributed by atoms with E-state index >= 15 is 0 Å². The molecule has 0 aromatic heterocycles. The van der Waals surface area contributed by atoms with Gasteiger partial charge >= 0.3 is 11.9 Å². The van der Waals surface area contributed by atoms with Crippen molar-refractivity contribution in [1.82, 2.24) is 0 Å². The Bertz CT molecular complexity index is 3590. The van der Waals surface area contributed by atoms with Crippen molar-refractivity contribution in [3.63, 3.8) is 0 Å². The maximum atomic E-state index is 13.8. The fourth-order valence-electron chi connectivity index (χ4n) is 9.12. The van der Waals surface area contributed by atoms with E-state index < -0.39 is 5.97 Å². The quantitative estimate of drug-likeness (QED) is 0.0278. The van der Waals surface area contributed by atoms with Crippen molar-refractivity contribution in [2.45, 2.75) is 52.7 Å². The normalized spacial score (nSPS) is 11.9. The van der Waals surface area contributed by atoms with Crippen molar-refractivity contribution >= 4 is 96.5 Å². The van der Waals surface area contributed by atoms with Crippen LogP contribution >= 0.6 is 15.9 Å². The molecule has 0 saturated carbocycles. The average Bonchev–Trinajstić information content (AvgIpc) is 3.65. The first-order valence-electron chi connectivity index (χ1n) is 25.5. The molecule has 0 atom stereocenters. The maximum absolute atomic E-state index is 13.8. The van der Waals surface area contributed by atoms with E-state index in [9.17, 15) is 28.8 Å². The van der Waals surface area contributed by atoms with Crippen LogP contribution in [0.15, 0.2) is 183 Å². The number of carbonyl (C=O) groups excluding carboxylic acids is 6. The Morgan fingerprint density at radius 2 is 0.756 bits per heavy atom. The molecule has 78 heavy (non-hydrogen) atoms. The van der Waals surface area contributed by atoms with Gasteiger partial charge in [-0.3, -0.25) is 24.0 Å². The highest BCUT2D eigenvalue weighted by Crippen LogP contribution is 2.41. The minimum Gasteiger partial charge on any atom is -0.461 e. The van der Waals surface area contributed by atoms with Crippen LogP contribution in [0.1, 0.15) is 112 Å². The van der Waals surface area contributed by atoms with Crippen molar-refractivity contribution in [2.24, 2.45) is 0 Å². The first-order valence-corrected chi connectivity index (χ1v) is 26.6. The number of rotatable bonds is 18. The largest absolute Gasteiger partial charge is 0.461 e. The van der Waals surface area contributed by atoms with Crippen molar-refractivity contribution < 1.29 is 38.2 Å². The van der Waals surface area contributed by atoms with Gasteiger partial charge in [-0.25, -0.2) is 4.79 Å². The number of fused-ring (bicyclic) bond motifs is 4. The summed E-state index contributed by atoms with van der Waals surface area (Å²) in [7, 11) is 0. The summed E-state index contributed by atoms with van der Waals surface area (Å²) in [6.45, 7) is 7.74. The lowest BCUT2D eigenvalue weighted by atomic mass is 9.82. The number of alkyl halides is 1. The molecule has 8 aromatic rings. The topological polar surface area (TPSA) is 169 Å². The molecule has 0 bridgehead atoms. The molecule has 0 spiro atoms. The van der Waals surface area contributed by atoms with Crippen molar-refractivity contribution in [3.05, 3.63) is 249 Å². The van der Waals surface area contributed by atoms with Gasteiger partial charge in [0.1, 0.15) is 13.2 Å². The van der Waals surface area contributed by atoms with Crippen LogP contribution in [0.3, 0.4) is 0 Å². The molecular weight excluding hydrogens is 1040 g/mol. The summed E-state index contributed by atoms with van der Waals surface area (Å²) >= 11 is 3.40. The number of esters is 2. The number of ether oxygens (including phenoxy) is 2. The molecule has 0 amide bonds. The molecule has 10 rings (SSSR count). The Kier molecular flexibility index (Phi) is 16.9. The van der Waals surface area contributed by atoms with Crippen LogP contribution < -0.4 is 21.3 Å². The molecular formula is C65H55BrN4O8. The van der Waals surface area contributed by atoms with Gasteiger partial charge in [-0.1, -0.05) is 137 Å².